The number of aryl methyl sites for hydroxylation is 2. The summed E-state index contributed by atoms with van der Waals surface area (Å²) in [5.74, 6) is 0.964. The van der Waals surface area contributed by atoms with Gasteiger partial charge < -0.3 is 15.1 Å². The Bertz CT molecular complexity index is 593. The van der Waals surface area contributed by atoms with Crippen LogP contribution in [0.15, 0.2) is 6.07 Å². The van der Waals surface area contributed by atoms with Gasteiger partial charge in [0.25, 0.3) is 0 Å². The van der Waals surface area contributed by atoms with Gasteiger partial charge in [0.05, 0.1) is 11.7 Å². The Morgan fingerprint density at radius 3 is 2.78 bits per heavy atom. The molecule has 0 atom stereocenters. The minimum atomic E-state index is 0.0709. The summed E-state index contributed by atoms with van der Waals surface area (Å²) in [4.78, 5) is 16.4. The number of rotatable bonds is 3. The first-order chi connectivity index (χ1) is 11.2. The maximum atomic E-state index is 12.3. The predicted molar refractivity (Wildman–Crippen MR) is 88.6 cm³/mol. The van der Waals surface area contributed by atoms with Crippen molar-refractivity contribution in [2.75, 3.05) is 25.0 Å². The lowest BCUT2D eigenvalue weighted by atomic mass is 10.1. The third-order valence-corrected chi connectivity index (χ3v) is 5.54. The quantitative estimate of drug-likeness (QED) is 0.923. The van der Waals surface area contributed by atoms with Gasteiger partial charge in [0.1, 0.15) is 0 Å². The van der Waals surface area contributed by atoms with Crippen molar-refractivity contribution < 1.29 is 4.79 Å². The zero-order valence-electron chi connectivity index (χ0n) is 13.8. The van der Waals surface area contributed by atoms with Crippen molar-refractivity contribution in [2.45, 2.75) is 57.0 Å². The molecule has 1 saturated carbocycles. The number of nitrogens with zero attached hydrogens (tertiary/aromatic N) is 4. The van der Waals surface area contributed by atoms with E-state index < -0.39 is 0 Å². The summed E-state index contributed by atoms with van der Waals surface area (Å²) in [6, 6.07) is 2.90. The maximum absolute atomic E-state index is 12.3. The Hall–Kier alpha value is -1.85. The number of nitrogens with one attached hydrogen (secondary N) is 1. The molecule has 3 aliphatic rings. The fourth-order valence-electron chi connectivity index (χ4n) is 3.87. The Labute approximate surface area is 137 Å². The summed E-state index contributed by atoms with van der Waals surface area (Å²) in [5, 5.41) is 11.9. The van der Waals surface area contributed by atoms with Crippen LogP contribution in [-0.4, -0.2) is 53.3 Å². The van der Waals surface area contributed by atoms with Crippen LogP contribution >= 0.6 is 0 Å². The van der Waals surface area contributed by atoms with Crippen molar-refractivity contribution in [3.63, 3.8) is 0 Å². The molecular weight excluding hydrogens is 290 g/mol. The third kappa shape index (κ3) is 2.86. The molecular formula is C17H25N5O. The smallest absolute Gasteiger partial charge is 0.317 e. The molecule has 1 aromatic heterocycles. The van der Waals surface area contributed by atoms with Gasteiger partial charge >= 0.3 is 6.03 Å². The van der Waals surface area contributed by atoms with Crippen molar-refractivity contribution in [1.82, 2.24) is 20.4 Å². The van der Waals surface area contributed by atoms with Gasteiger partial charge in [-0.05, 0) is 43.7 Å². The summed E-state index contributed by atoms with van der Waals surface area (Å²) in [7, 11) is 1.90. The topological polar surface area (TPSA) is 61.4 Å². The Morgan fingerprint density at radius 2 is 2.00 bits per heavy atom. The van der Waals surface area contributed by atoms with E-state index in [9.17, 15) is 4.79 Å². The van der Waals surface area contributed by atoms with Crippen LogP contribution in [-0.2, 0) is 12.8 Å². The van der Waals surface area contributed by atoms with Crippen LogP contribution in [0.3, 0.4) is 0 Å². The number of carbonyl (C=O) groups excluding carboxylic acids is 1. The zero-order valence-corrected chi connectivity index (χ0v) is 13.8. The lowest BCUT2D eigenvalue weighted by molar-refractivity contribution is 0.175. The number of urea groups is 1. The van der Waals surface area contributed by atoms with E-state index in [2.05, 4.69) is 26.5 Å². The monoisotopic (exact) mass is 315 g/mol. The molecule has 0 unspecified atom stereocenters. The highest BCUT2D eigenvalue weighted by Crippen LogP contribution is 2.26. The molecule has 2 fully saturated rings. The van der Waals surface area contributed by atoms with E-state index in [4.69, 9.17) is 0 Å². The lowest BCUT2D eigenvalue weighted by Crippen LogP contribution is -2.62. The Morgan fingerprint density at radius 1 is 1.22 bits per heavy atom. The Balaban J connectivity index is 1.31. The fourth-order valence-corrected chi connectivity index (χ4v) is 3.87. The first-order valence-corrected chi connectivity index (χ1v) is 8.84. The van der Waals surface area contributed by atoms with Gasteiger partial charge in [0.2, 0.25) is 0 Å². The molecule has 6 nitrogen and oxygen atoms in total. The van der Waals surface area contributed by atoms with Crippen molar-refractivity contribution in [3.8, 4) is 0 Å². The maximum Gasteiger partial charge on any atom is 0.317 e. The van der Waals surface area contributed by atoms with Gasteiger partial charge in [-0.1, -0.05) is 12.8 Å². The van der Waals surface area contributed by atoms with Gasteiger partial charge in [-0.25, -0.2) is 4.79 Å². The van der Waals surface area contributed by atoms with E-state index in [0.29, 0.717) is 6.04 Å². The summed E-state index contributed by atoms with van der Waals surface area (Å²) < 4.78 is 0. The van der Waals surface area contributed by atoms with Crippen LogP contribution in [0.1, 0.15) is 43.4 Å². The average Bonchev–Trinajstić information content (AvgIpc) is 3.16. The summed E-state index contributed by atoms with van der Waals surface area (Å²) in [6.45, 7) is 1.70. The van der Waals surface area contributed by atoms with E-state index in [1.54, 1.807) is 0 Å². The van der Waals surface area contributed by atoms with Crippen LogP contribution in [0.25, 0.3) is 0 Å². The standard InChI is InChI=1S/C17H25N5O/c1-21(17(23)18-13-6-2-3-7-13)14-10-22(11-14)16-9-12-5-4-8-15(12)19-20-16/h9,13-14H,2-8,10-11H2,1H3,(H,18,23). The molecule has 2 amide bonds. The van der Waals surface area contributed by atoms with Crippen LogP contribution in [0.5, 0.6) is 0 Å². The van der Waals surface area contributed by atoms with Gasteiger partial charge in [0.15, 0.2) is 5.82 Å². The summed E-state index contributed by atoms with van der Waals surface area (Å²) >= 11 is 0. The second-order valence-corrected chi connectivity index (χ2v) is 7.13. The minimum Gasteiger partial charge on any atom is -0.351 e. The third-order valence-electron chi connectivity index (χ3n) is 5.54. The van der Waals surface area contributed by atoms with Crippen molar-refractivity contribution in [3.05, 3.63) is 17.3 Å². The number of hydrogen-bond acceptors (Lipinski definition) is 4. The highest BCUT2D eigenvalue weighted by Gasteiger charge is 2.34. The molecule has 1 N–H and O–H groups in total. The van der Waals surface area contributed by atoms with Gasteiger partial charge in [-0.3, -0.25) is 0 Å². The number of carbonyl (C=O) groups is 1. The molecule has 1 saturated heterocycles. The normalized spacial score (nSPS) is 21.2. The molecule has 0 spiro atoms. The SMILES string of the molecule is CN(C(=O)NC1CCCC1)C1CN(c2cc3c(nn2)CCC3)C1. The molecule has 0 radical (unpaired) electrons. The molecule has 0 aromatic carbocycles. The highest BCUT2D eigenvalue weighted by atomic mass is 16.2. The predicted octanol–water partition coefficient (Wildman–Crippen LogP) is 1.74. The highest BCUT2D eigenvalue weighted by molar-refractivity contribution is 5.75. The van der Waals surface area contributed by atoms with E-state index in [0.717, 1.165) is 44.6 Å². The van der Waals surface area contributed by atoms with Gasteiger partial charge in [0, 0.05) is 26.2 Å². The van der Waals surface area contributed by atoms with Crippen molar-refractivity contribution in [1.29, 1.82) is 0 Å². The van der Waals surface area contributed by atoms with E-state index in [1.807, 2.05) is 11.9 Å². The molecule has 124 valence electrons. The Kier molecular flexibility index (Phi) is 3.83. The summed E-state index contributed by atoms with van der Waals surface area (Å²) in [5.41, 5.74) is 2.52. The first-order valence-electron chi connectivity index (χ1n) is 8.84. The van der Waals surface area contributed by atoms with E-state index in [1.165, 1.54) is 30.5 Å². The number of anilines is 1. The molecule has 1 aliphatic heterocycles. The van der Waals surface area contributed by atoms with Crippen molar-refractivity contribution in [2.24, 2.45) is 0 Å². The number of hydrogen-bond donors (Lipinski definition) is 1. The largest absolute Gasteiger partial charge is 0.351 e. The van der Waals surface area contributed by atoms with Crippen LogP contribution < -0.4 is 10.2 Å². The molecule has 1 aromatic rings. The number of fused-ring (bicyclic) bond motifs is 1. The second kappa shape index (κ2) is 5.98. The number of likely N-dealkylation sites (N-methyl/N-ethyl adjacent to an activating group) is 1. The molecule has 2 aliphatic carbocycles. The number of amides is 2. The van der Waals surface area contributed by atoms with E-state index in [-0.39, 0.29) is 12.1 Å². The first kappa shape index (κ1) is 14.7. The fraction of sp³-hybridized carbons (Fsp3) is 0.706. The molecule has 4 rings (SSSR count). The lowest BCUT2D eigenvalue weighted by Gasteiger charge is -2.44. The molecule has 23 heavy (non-hydrogen) atoms. The van der Waals surface area contributed by atoms with Crippen LogP contribution in [0, 0.1) is 0 Å². The van der Waals surface area contributed by atoms with E-state index >= 15 is 0 Å². The van der Waals surface area contributed by atoms with Gasteiger partial charge in [-0.15, -0.1) is 5.10 Å². The zero-order chi connectivity index (χ0) is 15.8. The number of aromatic nitrogens is 2. The van der Waals surface area contributed by atoms with Crippen molar-refractivity contribution >= 4 is 11.8 Å². The summed E-state index contributed by atoms with van der Waals surface area (Å²) in [6.07, 6.45) is 8.11. The second-order valence-electron chi connectivity index (χ2n) is 7.13. The molecule has 0 bridgehead atoms. The van der Waals surface area contributed by atoms with Crippen LogP contribution in [0.2, 0.25) is 0 Å². The van der Waals surface area contributed by atoms with Gasteiger partial charge in [-0.2, -0.15) is 5.10 Å². The average molecular weight is 315 g/mol. The minimum absolute atomic E-state index is 0.0709. The molecule has 2 heterocycles. The van der Waals surface area contributed by atoms with Crippen LogP contribution in [0.4, 0.5) is 10.6 Å². The molecule has 6 heteroatoms.